The highest BCUT2D eigenvalue weighted by molar-refractivity contribution is 5.93. The molecule has 1 aliphatic rings. The molecule has 15 heteroatoms. The number of hydrogen-bond donors (Lipinski definition) is 8. The fourth-order valence-electron chi connectivity index (χ4n) is 3.02. The Morgan fingerprint density at radius 2 is 1.38 bits per heavy atom. The lowest BCUT2D eigenvalue weighted by molar-refractivity contribution is -0.144. The molecule has 0 aliphatic carbocycles. The summed E-state index contributed by atoms with van der Waals surface area (Å²) in [6.07, 6.45) is -0.380. The Morgan fingerprint density at radius 3 is 1.91 bits per heavy atom. The lowest BCUT2D eigenvalue weighted by atomic mass is 10.1. The van der Waals surface area contributed by atoms with Gasteiger partial charge in [0.2, 0.25) is 23.6 Å². The van der Waals surface area contributed by atoms with Gasteiger partial charge in [0.15, 0.2) is 0 Å². The van der Waals surface area contributed by atoms with Gasteiger partial charge in [-0.25, -0.2) is 4.79 Å². The van der Waals surface area contributed by atoms with E-state index >= 15 is 0 Å². The van der Waals surface area contributed by atoms with Gasteiger partial charge in [-0.05, 0) is 32.2 Å². The van der Waals surface area contributed by atoms with E-state index in [4.69, 9.17) is 15.3 Å². The number of aliphatic carboxylic acids is 3. The van der Waals surface area contributed by atoms with Crippen LogP contribution in [-0.4, -0.2) is 94.6 Å². The van der Waals surface area contributed by atoms with Crippen LogP contribution in [0.25, 0.3) is 0 Å². The summed E-state index contributed by atoms with van der Waals surface area (Å²) in [4.78, 5) is 81.0. The zero-order valence-corrected chi connectivity index (χ0v) is 18.3. The summed E-state index contributed by atoms with van der Waals surface area (Å²) in [6.45, 7) is -0.264. The fraction of sp³-hybridized carbons (Fsp3) is 0.632. The van der Waals surface area contributed by atoms with Crippen LogP contribution in [0.3, 0.4) is 0 Å². The molecule has 0 aromatic rings. The minimum absolute atomic E-state index is 0.349. The summed E-state index contributed by atoms with van der Waals surface area (Å²) in [5.41, 5.74) is 0. The molecule has 15 nitrogen and oxygen atoms in total. The van der Waals surface area contributed by atoms with Crippen LogP contribution in [0.5, 0.6) is 0 Å². The predicted molar refractivity (Wildman–Crippen MR) is 112 cm³/mol. The first-order valence-corrected chi connectivity index (χ1v) is 10.5. The van der Waals surface area contributed by atoms with Crippen LogP contribution in [0.4, 0.5) is 0 Å². The average molecular weight is 487 g/mol. The van der Waals surface area contributed by atoms with Gasteiger partial charge in [0.05, 0.1) is 19.1 Å². The Morgan fingerprint density at radius 1 is 0.794 bits per heavy atom. The third-order valence-electron chi connectivity index (χ3n) is 4.81. The summed E-state index contributed by atoms with van der Waals surface area (Å²) in [7, 11) is 0. The summed E-state index contributed by atoms with van der Waals surface area (Å²) in [5, 5.41) is 38.6. The van der Waals surface area contributed by atoms with Crippen molar-refractivity contribution < 1.29 is 48.9 Å². The maximum Gasteiger partial charge on any atom is 0.326 e. The highest BCUT2D eigenvalue weighted by atomic mass is 16.4. The predicted octanol–water partition coefficient (Wildman–Crippen LogP) is -3.25. The Labute approximate surface area is 194 Å². The van der Waals surface area contributed by atoms with Gasteiger partial charge < -0.3 is 41.9 Å². The molecule has 190 valence electrons. The number of amides is 4. The van der Waals surface area contributed by atoms with Crippen LogP contribution in [0, 0.1) is 0 Å². The van der Waals surface area contributed by atoms with E-state index in [1.165, 1.54) is 0 Å². The topological polar surface area (TPSA) is 240 Å². The van der Waals surface area contributed by atoms with Gasteiger partial charge in [0.1, 0.15) is 12.1 Å². The van der Waals surface area contributed by atoms with E-state index in [9.17, 15) is 33.6 Å². The van der Waals surface area contributed by atoms with E-state index < -0.39 is 73.5 Å². The highest BCUT2D eigenvalue weighted by Gasteiger charge is 2.27. The van der Waals surface area contributed by atoms with Crippen molar-refractivity contribution in [3.8, 4) is 0 Å². The molecule has 0 saturated carbocycles. The maximum atomic E-state index is 12.4. The molecular formula is C19H29N5O10. The smallest absolute Gasteiger partial charge is 0.326 e. The molecule has 0 bridgehead atoms. The Kier molecular flexibility index (Phi) is 12.0. The van der Waals surface area contributed by atoms with Crippen LogP contribution in [-0.2, 0) is 33.6 Å². The number of nitrogens with one attached hydrogen (secondary N) is 5. The van der Waals surface area contributed by atoms with Gasteiger partial charge >= 0.3 is 17.9 Å². The molecule has 1 saturated heterocycles. The first-order valence-electron chi connectivity index (χ1n) is 10.5. The minimum Gasteiger partial charge on any atom is -0.481 e. The van der Waals surface area contributed by atoms with Gasteiger partial charge in [-0.3, -0.25) is 28.8 Å². The van der Waals surface area contributed by atoms with Crippen molar-refractivity contribution in [1.82, 2.24) is 26.6 Å². The van der Waals surface area contributed by atoms with Crippen molar-refractivity contribution >= 4 is 41.5 Å². The number of carboxylic acid groups (broad SMARTS) is 3. The second kappa shape index (κ2) is 14.4. The SMILES string of the molecule is O=C(O)CC[C@H](NC(=O)[C@H](CCC(=O)O)NC(=O)CNC(=O)CNC(=O)[C@@H]1CCCN1)C(=O)O. The van der Waals surface area contributed by atoms with Crippen LogP contribution >= 0.6 is 0 Å². The largest absolute Gasteiger partial charge is 0.481 e. The summed E-state index contributed by atoms with van der Waals surface area (Å²) in [5.74, 6) is -6.95. The first-order chi connectivity index (χ1) is 16.0. The van der Waals surface area contributed by atoms with Crippen molar-refractivity contribution in [1.29, 1.82) is 0 Å². The van der Waals surface area contributed by atoms with Gasteiger partial charge in [-0.15, -0.1) is 0 Å². The summed E-state index contributed by atoms with van der Waals surface area (Å²) < 4.78 is 0. The van der Waals surface area contributed by atoms with E-state index in [-0.39, 0.29) is 24.9 Å². The number of carboxylic acids is 3. The molecule has 0 radical (unpaired) electrons. The van der Waals surface area contributed by atoms with Gasteiger partial charge in [0, 0.05) is 12.8 Å². The number of carbonyl (C=O) groups excluding carboxylic acids is 4. The Balaban J connectivity index is 2.57. The maximum absolute atomic E-state index is 12.4. The first kappa shape index (κ1) is 28.3. The molecule has 34 heavy (non-hydrogen) atoms. The van der Waals surface area contributed by atoms with Gasteiger partial charge in [-0.2, -0.15) is 0 Å². The van der Waals surface area contributed by atoms with E-state index in [0.717, 1.165) is 6.42 Å². The molecule has 0 spiro atoms. The molecule has 0 aromatic carbocycles. The van der Waals surface area contributed by atoms with E-state index in [1.807, 2.05) is 0 Å². The third kappa shape index (κ3) is 11.2. The zero-order valence-electron chi connectivity index (χ0n) is 18.3. The molecule has 1 rings (SSSR count). The van der Waals surface area contributed by atoms with Crippen molar-refractivity contribution in [2.75, 3.05) is 19.6 Å². The van der Waals surface area contributed by atoms with Gasteiger partial charge in [0.25, 0.3) is 0 Å². The van der Waals surface area contributed by atoms with Crippen molar-refractivity contribution in [2.24, 2.45) is 0 Å². The second-order valence-corrected chi connectivity index (χ2v) is 7.53. The monoisotopic (exact) mass is 487 g/mol. The normalized spacial score (nSPS) is 16.5. The van der Waals surface area contributed by atoms with Crippen LogP contribution < -0.4 is 26.6 Å². The molecule has 0 aromatic heterocycles. The number of rotatable bonds is 15. The van der Waals surface area contributed by atoms with Gasteiger partial charge in [-0.1, -0.05) is 0 Å². The second-order valence-electron chi connectivity index (χ2n) is 7.53. The lowest BCUT2D eigenvalue weighted by Crippen LogP contribution is -2.53. The van der Waals surface area contributed by atoms with Crippen LogP contribution in [0.15, 0.2) is 0 Å². The summed E-state index contributed by atoms with van der Waals surface area (Å²) in [6, 6.07) is -3.39. The van der Waals surface area contributed by atoms with Crippen molar-refractivity contribution in [2.45, 2.75) is 56.7 Å². The quantitative estimate of drug-likeness (QED) is 0.114. The van der Waals surface area contributed by atoms with E-state index in [2.05, 4.69) is 26.6 Å². The minimum atomic E-state index is -1.56. The van der Waals surface area contributed by atoms with E-state index in [1.54, 1.807) is 0 Å². The highest BCUT2D eigenvalue weighted by Crippen LogP contribution is 2.04. The standard InChI is InChI=1S/C19H29N5O10/c25-13(8-22-17(31)10-2-1-7-20-10)21-9-14(26)23-11(3-5-15(27)28)18(32)24-12(19(33)34)4-6-16(29)30/h10-12,20H,1-9H2,(H,21,25)(H,22,31)(H,23,26)(H,24,32)(H,27,28)(H,29,30)(H,33,34)/t10-,11-,12-/m0/s1. The number of hydrogen-bond acceptors (Lipinski definition) is 8. The van der Waals surface area contributed by atoms with Crippen LogP contribution in [0.1, 0.15) is 38.5 Å². The third-order valence-corrected chi connectivity index (χ3v) is 4.81. The van der Waals surface area contributed by atoms with Crippen molar-refractivity contribution in [3.05, 3.63) is 0 Å². The molecule has 1 heterocycles. The molecule has 0 unspecified atom stereocenters. The molecule has 1 fully saturated rings. The molecule has 4 amide bonds. The molecule has 1 aliphatic heterocycles. The molecule has 3 atom stereocenters. The molecule has 8 N–H and O–H groups in total. The Hall–Kier alpha value is -3.75. The van der Waals surface area contributed by atoms with Crippen molar-refractivity contribution in [3.63, 3.8) is 0 Å². The lowest BCUT2D eigenvalue weighted by Gasteiger charge is -2.21. The Bertz CT molecular complexity index is 796. The van der Waals surface area contributed by atoms with E-state index in [0.29, 0.717) is 13.0 Å². The number of carbonyl (C=O) groups is 7. The fourth-order valence-corrected chi connectivity index (χ4v) is 3.02. The summed E-state index contributed by atoms with van der Waals surface area (Å²) >= 11 is 0. The molecular weight excluding hydrogens is 458 g/mol. The van der Waals surface area contributed by atoms with Crippen LogP contribution in [0.2, 0.25) is 0 Å². The average Bonchev–Trinajstić information content (AvgIpc) is 3.30. The zero-order chi connectivity index (χ0) is 25.7.